The average Bonchev–Trinajstić information content (AvgIpc) is 3.18. The van der Waals surface area contributed by atoms with Crippen molar-refractivity contribution in [3.8, 4) is 0 Å². The fraction of sp³-hybridized carbons (Fsp3) is 0.467. The van der Waals surface area contributed by atoms with Crippen molar-refractivity contribution in [3.63, 3.8) is 0 Å². The Labute approximate surface area is 142 Å². The molecule has 2 amide bonds. The lowest BCUT2D eigenvalue weighted by Gasteiger charge is -2.24. The summed E-state index contributed by atoms with van der Waals surface area (Å²) < 4.78 is 1.02. The van der Waals surface area contributed by atoms with Gasteiger partial charge in [0.1, 0.15) is 6.04 Å². The number of rotatable bonds is 3. The van der Waals surface area contributed by atoms with Gasteiger partial charge in [0.25, 0.3) is 0 Å². The second-order valence-corrected chi connectivity index (χ2v) is 7.23. The number of likely N-dealkylation sites (tertiary alicyclic amines) is 1. The third-order valence-corrected chi connectivity index (χ3v) is 4.94. The number of nitrogens with zero attached hydrogens (tertiary/aromatic N) is 1. The Balaban J connectivity index is 1.70. The molecule has 4 nitrogen and oxygen atoms in total. The summed E-state index contributed by atoms with van der Waals surface area (Å²) in [6.45, 7) is 0.688. The second kappa shape index (κ2) is 6.12. The van der Waals surface area contributed by atoms with Crippen LogP contribution in [-0.2, 0) is 9.59 Å². The molecule has 2 fully saturated rings. The number of amides is 2. The largest absolute Gasteiger partial charge is 0.330 e. The zero-order valence-corrected chi connectivity index (χ0v) is 14.4. The molecule has 1 atom stereocenters. The number of halogens is 2. The Morgan fingerprint density at radius 1 is 1.29 bits per heavy atom. The molecule has 1 aromatic rings. The molecule has 1 N–H and O–H groups in total. The van der Waals surface area contributed by atoms with Crippen LogP contribution in [0.3, 0.4) is 0 Å². The molecule has 0 aromatic heterocycles. The number of carbonyl (C=O) groups excluding carboxylic acids is 2. The number of hydrogen-bond donors (Lipinski definition) is 1. The van der Waals surface area contributed by atoms with Crippen LogP contribution >= 0.6 is 34.2 Å². The molecule has 1 saturated carbocycles. The van der Waals surface area contributed by atoms with Crippen LogP contribution in [-0.4, -0.2) is 29.3 Å². The summed E-state index contributed by atoms with van der Waals surface area (Å²) in [6.07, 6.45) is 3.54. The quantitative estimate of drug-likeness (QED) is 0.766. The van der Waals surface area contributed by atoms with Crippen LogP contribution in [0.4, 0.5) is 5.69 Å². The molecule has 0 bridgehead atoms. The highest BCUT2D eigenvalue weighted by atomic mass is 127. The molecule has 1 heterocycles. The third-order valence-electron chi connectivity index (χ3n) is 3.95. The Morgan fingerprint density at radius 3 is 2.71 bits per heavy atom. The Bertz CT molecular complexity index is 589. The average molecular weight is 419 g/mol. The smallest absolute Gasteiger partial charge is 0.247 e. The van der Waals surface area contributed by atoms with Crippen molar-refractivity contribution in [2.75, 3.05) is 11.9 Å². The van der Waals surface area contributed by atoms with Crippen LogP contribution < -0.4 is 5.32 Å². The van der Waals surface area contributed by atoms with E-state index in [1.54, 1.807) is 17.0 Å². The van der Waals surface area contributed by atoms with Gasteiger partial charge in [0, 0.05) is 16.0 Å². The lowest BCUT2D eigenvalue weighted by atomic mass is 10.2. The van der Waals surface area contributed by atoms with E-state index in [1.165, 1.54) is 0 Å². The maximum atomic E-state index is 12.4. The van der Waals surface area contributed by atoms with Crippen molar-refractivity contribution in [2.45, 2.75) is 31.7 Å². The lowest BCUT2D eigenvalue weighted by molar-refractivity contribution is -0.137. The van der Waals surface area contributed by atoms with Gasteiger partial charge in [-0.15, -0.1) is 0 Å². The fourth-order valence-corrected chi connectivity index (χ4v) is 3.58. The number of hydrogen-bond acceptors (Lipinski definition) is 2. The number of nitrogens with one attached hydrogen (secondary N) is 1. The van der Waals surface area contributed by atoms with Crippen LogP contribution in [0.1, 0.15) is 25.7 Å². The summed E-state index contributed by atoms with van der Waals surface area (Å²) in [7, 11) is 0. The van der Waals surface area contributed by atoms with E-state index in [4.69, 9.17) is 11.6 Å². The molecule has 112 valence electrons. The SMILES string of the molecule is O=C(Nc1ccc(I)cc1Cl)C1CCCN1C(=O)C1CC1. The van der Waals surface area contributed by atoms with E-state index >= 15 is 0 Å². The standard InChI is InChI=1S/C15H16ClIN2O2/c16-11-8-10(17)5-6-12(11)18-14(20)13-2-1-7-19(13)15(21)9-3-4-9/h5-6,8-9,13H,1-4,7H2,(H,18,20). The first-order chi connectivity index (χ1) is 10.1. The van der Waals surface area contributed by atoms with Gasteiger partial charge in [0.05, 0.1) is 10.7 Å². The Morgan fingerprint density at radius 2 is 2.05 bits per heavy atom. The van der Waals surface area contributed by atoms with Gasteiger partial charge in [0.2, 0.25) is 11.8 Å². The minimum Gasteiger partial charge on any atom is -0.330 e. The van der Waals surface area contributed by atoms with Crippen LogP contribution in [0.15, 0.2) is 18.2 Å². The lowest BCUT2D eigenvalue weighted by Crippen LogP contribution is -2.43. The normalized spacial score (nSPS) is 21.4. The molecule has 6 heteroatoms. The summed E-state index contributed by atoms with van der Waals surface area (Å²) in [4.78, 5) is 26.4. The molecule has 1 saturated heterocycles. The highest BCUT2D eigenvalue weighted by Gasteiger charge is 2.40. The van der Waals surface area contributed by atoms with E-state index in [2.05, 4.69) is 27.9 Å². The molecule has 1 aliphatic carbocycles. The van der Waals surface area contributed by atoms with Gasteiger partial charge in [0.15, 0.2) is 0 Å². The van der Waals surface area contributed by atoms with Crippen molar-refractivity contribution in [3.05, 3.63) is 26.8 Å². The number of carbonyl (C=O) groups is 2. The zero-order chi connectivity index (χ0) is 15.0. The topological polar surface area (TPSA) is 49.4 Å². The molecule has 2 aliphatic rings. The first kappa shape index (κ1) is 15.1. The van der Waals surface area contributed by atoms with Crippen LogP contribution in [0.5, 0.6) is 0 Å². The van der Waals surface area contributed by atoms with E-state index in [0.717, 1.165) is 29.3 Å². The maximum Gasteiger partial charge on any atom is 0.247 e. The minimum atomic E-state index is -0.353. The van der Waals surface area contributed by atoms with Crippen molar-refractivity contribution < 1.29 is 9.59 Å². The predicted octanol–water partition coefficient (Wildman–Crippen LogP) is 3.28. The van der Waals surface area contributed by atoms with Crippen LogP contribution in [0.2, 0.25) is 5.02 Å². The zero-order valence-electron chi connectivity index (χ0n) is 11.4. The first-order valence-corrected chi connectivity index (χ1v) is 8.58. The highest BCUT2D eigenvalue weighted by Crippen LogP contribution is 2.34. The minimum absolute atomic E-state index is 0.135. The number of anilines is 1. The van der Waals surface area contributed by atoms with Gasteiger partial charge in [-0.25, -0.2) is 0 Å². The molecule has 0 radical (unpaired) electrons. The summed E-state index contributed by atoms with van der Waals surface area (Å²) >= 11 is 8.31. The van der Waals surface area contributed by atoms with Crippen LogP contribution in [0.25, 0.3) is 0 Å². The van der Waals surface area contributed by atoms with Crippen molar-refractivity contribution >= 4 is 51.7 Å². The molecular weight excluding hydrogens is 403 g/mol. The molecule has 1 aliphatic heterocycles. The maximum absolute atomic E-state index is 12.4. The summed E-state index contributed by atoms with van der Waals surface area (Å²) in [5, 5.41) is 3.38. The van der Waals surface area contributed by atoms with Crippen molar-refractivity contribution in [2.24, 2.45) is 5.92 Å². The van der Waals surface area contributed by atoms with Crippen molar-refractivity contribution in [1.29, 1.82) is 0 Å². The Hall–Kier alpha value is -0.820. The summed E-state index contributed by atoms with van der Waals surface area (Å²) in [5.74, 6) is 0.159. The first-order valence-electron chi connectivity index (χ1n) is 7.12. The highest BCUT2D eigenvalue weighted by molar-refractivity contribution is 14.1. The van der Waals surface area contributed by atoms with Gasteiger partial charge < -0.3 is 10.2 Å². The Kier molecular flexibility index (Phi) is 4.40. The van der Waals surface area contributed by atoms with Gasteiger partial charge in [-0.05, 0) is 66.5 Å². The molecular formula is C15H16ClIN2O2. The van der Waals surface area contributed by atoms with E-state index in [9.17, 15) is 9.59 Å². The molecule has 21 heavy (non-hydrogen) atoms. The van der Waals surface area contributed by atoms with Gasteiger partial charge in [-0.1, -0.05) is 11.6 Å². The molecule has 3 rings (SSSR count). The summed E-state index contributed by atoms with van der Waals surface area (Å²) in [6, 6.07) is 5.14. The van der Waals surface area contributed by atoms with Crippen LogP contribution in [0, 0.1) is 9.49 Å². The summed E-state index contributed by atoms with van der Waals surface area (Å²) in [5.41, 5.74) is 0.604. The number of benzene rings is 1. The molecule has 1 unspecified atom stereocenters. The monoisotopic (exact) mass is 418 g/mol. The third kappa shape index (κ3) is 3.34. The van der Waals surface area contributed by atoms with E-state index in [-0.39, 0.29) is 23.8 Å². The van der Waals surface area contributed by atoms with Crippen molar-refractivity contribution in [1.82, 2.24) is 4.90 Å². The molecule has 0 spiro atoms. The van der Waals surface area contributed by atoms with Gasteiger partial charge >= 0.3 is 0 Å². The van der Waals surface area contributed by atoms with Gasteiger partial charge in [-0.3, -0.25) is 9.59 Å². The van der Waals surface area contributed by atoms with E-state index in [0.29, 0.717) is 17.3 Å². The van der Waals surface area contributed by atoms with Gasteiger partial charge in [-0.2, -0.15) is 0 Å². The van der Waals surface area contributed by atoms with E-state index in [1.807, 2.05) is 6.07 Å². The predicted molar refractivity (Wildman–Crippen MR) is 90.3 cm³/mol. The fourth-order valence-electron chi connectivity index (χ4n) is 2.67. The second-order valence-electron chi connectivity index (χ2n) is 5.58. The van der Waals surface area contributed by atoms with E-state index < -0.39 is 0 Å². The molecule has 1 aromatic carbocycles.